The van der Waals surface area contributed by atoms with Gasteiger partial charge in [0.05, 0.1) is 5.69 Å². The van der Waals surface area contributed by atoms with Gasteiger partial charge in [-0.2, -0.15) is 0 Å². The smallest absolute Gasteiger partial charge is 0.160 e. The van der Waals surface area contributed by atoms with Crippen molar-refractivity contribution in [3.05, 3.63) is 151 Å². The standard InChI is InChI=1S/C43H29NO2/c1-43(2)36-16-8-5-13-30(36)31-21-19-28(25-37(31)43)44(27-20-22-40-34(24-27)32-14-6-9-17-38(32)45-40)41-29-12-4-3-11-26(29)23-35-33-15-7-10-18-39(33)46-42(35)41/h3-25H,1-2H3. The zero-order chi connectivity index (χ0) is 30.6. The van der Waals surface area contributed by atoms with Gasteiger partial charge in [-0.1, -0.05) is 105 Å². The van der Waals surface area contributed by atoms with Crippen LogP contribution in [0.25, 0.3) is 65.8 Å². The Morgan fingerprint density at radius 2 is 1.07 bits per heavy atom. The van der Waals surface area contributed by atoms with Gasteiger partial charge in [-0.25, -0.2) is 0 Å². The topological polar surface area (TPSA) is 29.5 Å². The average molecular weight is 592 g/mol. The van der Waals surface area contributed by atoms with E-state index in [4.69, 9.17) is 8.83 Å². The van der Waals surface area contributed by atoms with Crippen LogP contribution < -0.4 is 4.90 Å². The summed E-state index contributed by atoms with van der Waals surface area (Å²) in [6, 6.07) is 49.9. The van der Waals surface area contributed by atoms with Crippen LogP contribution in [0.15, 0.2) is 148 Å². The molecule has 3 nitrogen and oxygen atoms in total. The van der Waals surface area contributed by atoms with Crippen molar-refractivity contribution in [1.29, 1.82) is 0 Å². The number of rotatable bonds is 3. The van der Waals surface area contributed by atoms with Gasteiger partial charge in [0.15, 0.2) is 5.58 Å². The molecule has 0 unspecified atom stereocenters. The number of hydrogen-bond donors (Lipinski definition) is 0. The highest BCUT2D eigenvalue weighted by molar-refractivity contribution is 6.19. The molecule has 0 amide bonds. The van der Waals surface area contributed by atoms with Crippen molar-refractivity contribution in [3.63, 3.8) is 0 Å². The van der Waals surface area contributed by atoms with Crippen molar-refractivity contribution in [1.82, 2.24) is 0 Å². The molecule has 0 spiro atoms. The molecule has 0 saturated heterocycles. The van der Waals surface area contributed by atoms with E-state index >= 15 is 0 Å². The van der Waals surface area contributed by atoms with Gasteiger partial charge < -0.3 is 13.7 Å². The van der Waals surface area contributed by atoms with Gasteiger partial charge in [0.2, 0.25) is 0 Å². The molecule has 1 aliphatic carbocycles. The van der Waals surface area contributed by atoms with Gasteiger partial charge >= 0.3 is 0 Å². The third kappa shape index (κ3) is 3.43. The fraction of sp³-hybridized carbons (Fsp3) is 0.0698. The predicted molar refractivity (Wildman–Crippen MR) is 191 cm³/mol. The van der Waals surface area contributed by atoms with Crippen LogP contribution in [-0.2, 0) is 5.41 Å². The molecule has 2 heterocycles. The Kier molecular flexibility index (Phi) is 5.06. The van der Waals surface area contributed by atoms with Crippen molar-refractivity contribution in [2.75, 3.05) is 4.90 Å². The van der Waals surface area contributed by atoms with Crippen LogP contribution in [0, 0.1) is 0 Å². The normalized spacial score (nSPS) is 13.6. The lowest BCUT2D eigenvalue weighted by Crippen LogP contribution is -2.16. The van der Waals surface area contributed by atoms with Crippen LogP contribution in [0.1, 0.15) is 25.0 Å². The van der Waals surface area contributed by atoms with Crippen molar-refractivity contribution in [2.24, 2.45) is 0 Å². The molecule has 2 aromatic heterocycles. The first-order valence-corrected chi connectivity index (χ1v) is 15.9. The molecular weight excluding hydrogens is 562 g/mol. The summed E-state index contributed by atoms with van der Waals surface area (Å²) >= 11 is 0. The Hall–Kier alpha value is -5.80. The van der Waals surface area contributed by atoms with Crippen molar-refractivity contribution >= 4 is 71.7 Å². The van der Waals surface area contributed by atoms with E-state index < -0.39 is 0 Å². The third-order valence-corrected chi connectivity index (χ3v) is 10.0. The Morgan fingerprint density at radius 1 is 0.457 bits per heavy atom. The minimum atomic E-state index is -0.133. The summed E-state index contributed by atoms with van der Waals surface area (Å²) in [7, 11) is 0. The monoisotopic (exact) mass is 591 g/mol. The number of anilines is 3. The van der Waals surface area contributed by atoms with E-state index in [2.05, 4.69) is 140 Å². The molecule has 0 aliphatic heterocycles. The van der Waals surface area contributed by atoms with Gasteiger partial charge in [-0.05, 0) is 76.2 Å². The first kappa shape index (κ1) is 25.5. The Morgan fingerprint density at radius 3 is 1.91 bits per heavy atom. The molecule has 1 aliphatic rings. The summed E-state index contributed by atoms with van der Waals surface area (Å²) in [5.74, 6) is 0. The molecule has 0 atom stereocenters. The number of para-hydroxylation sites is 2. The SMILES string of the molecule is CC1(C)c2ccccc2-c2ccc(N(c3ccc4oc5ccccc5c4c3)c3c4ccccc4cc4c3oc3ccccc34)cc21. The molecule has 0 saturated carbocycles. The molecule has 10 rings (SSSR count). The van der Waals surface area contributed by atoms with Crippen LogP contribution in [-0.4, -0.2) is 0 Å². The van der Waals surface area contributed by atoms with Crippen LogP contribution in [0.5, 0.6) is 0 Å². The fourth-order valence-electron chi connectivity index (χ4n) is 7.81. The zero-order valence-corrected chi connectivity index (χ0v) is 25.5. The van der Waals surface area contributed by atoms with Crippen molar-refractivity contribution in [3.8, 4) is 11.1 Å². The molecule has 218 valence electrons. The maximum atomic E-state index is 6.78. The summed E-state index contributed by atoms with van der Waals surface area (Å²) in [5, 5.41) is 6.73. The van der Waals surface area contributed by atoms with Gasteiger partial charge in [0.1, 0.15) is 16.7 Å². The average Bonchev–Trinajstić information content (AvgIpc) is 3.72. The van der Waals surface area contributed by atoms with E-state index in [0.717, 1.165) is 66.3 Å². The van der Waals surface area contributed by atoms with Gasteiger partial charge in [0.25, 0.3) is 0 Å². The van der Waals surface area contributed by atoms with Crippen molar-refractivity contribution < 1.29 is 8.83 Å². The van der Waals surface area contributed by atoms with E-state index in [0.29, 0.717) is 0 Å². The molecule has 9 aromatic rings. The number of benzene rings is 7. The number of furan rings is 2. The second-order valence-corrected chi connectivity index (χ2v) is 12.9. The minimum Gasteiger partial charge on any atom is -0.456 e. The lowest BCUT2D eigenvalue weighted by atomic mass is 9.82. The Labute approximate surface area is 265 Å². The molecule has 0 fully saturated rings. The highest BCUT2D eigenvalue weighted by atomic mass is 16.3. The van der Waals surface area contributed by atoms with Crippen molar-refractivity contribution in [2.45, 2.75) is 19.3 Å². The molecule has 46 heavy (non-hydrogen) atoms. The summed E-state index contributed by atoms with van der Waals surface area (Å²) in [5.41, 5.74) is 11.9. The van der Waals surface area contributed by atoms with E-state index in [1.807, 2.05) is 18.2 Å². The van der Waals surface area contributed by atoms with Gasteiger partial charge in [-0.3, -0.25) is 0 Å². The van der Waals surface area contributed by atoms with Crippen LogP contribution in [0.3, 0.4) is 0 Å². The molecule has 0 radical (unpaired) electrons. The molecule has 0 N–H and O–H groups in total. The van der Waals surface area contributed by atoms with E-state index in [1.54, 1.807) is 0 Å². The first-order valence-electron chi connectivity index (χ1n) is 15.9. The maximum Gasteiger partial charge on any atom is 0.160 e. The van der Waals surface area contributed by atoms with Crippen LogP contribution in [0.4, 0.5) is 17.1 Å². The second kappa shape index (κ2) is 9.12. The highest BCUT2D eigenvalue weighted by Crippen LogP contribution is 2.52. The van der Waals surface area contributed by atoms with E-state index in [9.17, 15) is 0 Å². The largest absolute Gasteiger partial charge is 0.456 e. The third-order valence-electron chi connectivity index (χ3n) is 10.0. The second-order valence-electron chi connectivity index (χ2n) is 12.9. The number of nitrogens with zero attached hydrogens (tertiary/aromatic N) is 1. The maximum absolute atomic E-state index is 6.78. The Bertz CT molecular complexity index is 2690. The Balaban J connectivity index is 1.32. The lowest BCUT2D eigenvalue weighted by molar-refractivity contribution is 0.660. The summed E-state index contributed by atoms with van der Waals surface area (Å²) in [6.45, 7) is 4.68. The van der Waals surface area contributed by atoms with Crippen LogP contribution in [0.2, 0.25) is 0 Å². The lowest BCUT2D eigenvalue weighted by Gasteiger charge is -2.29. The number of hydrogen-bond acceptors (Lipinski definition) is 3. The molecule has 7 aromatic carbocycles. The predicted octanol–water partition coefficient (Wildman–Crippen LogP) is 12.4. The molecule has 0 bridgehead atoms. The first-order chi connectivity index (χ1) is 22.6. The minimum absolute atomic E-state index is 0.133. The fourth-order valence-corrected chi connectivity index (χ4v) is 7.81. The van der Waals surface area contributed by atoms with Gasteiger partial charge in [0, 0.05) is 43.7 Å². The summed E-state index contributed by atoms with van der Waals surface area (Å²) in [4.78, 5) is 2.40. The molecular formula is C43H29NO2. The zero-order valence-electron chi connectivity index (χ0n) is 25.5. The van der Waals surface area contributed by atoms with E-state index in [-0.39, 0.29) is 5.41 Å². The van der Waals surface area contributed by atoms with Gasteiger partial charge in [-0.15, -0.1) is 0 Å². The summed E-state index contributed by atoms with van der Waals surface area (Å²) < 4.78 is 13.0. The van der Waals surface area contributed by atoms with Crippen LogP contribution >= 0.6 is 0 Å². The summed E-state index contributed by atoms with van der Waals surface area (Å²) in [6.07, 6.45) is 0. The number of fused-ring (bicyclic) bond motifs is 10. The molecule has 3 heteroatoms. The quantitative estimate of drug-likeness (QED) is 0.205. The highest BCUT2D eigenvalue weighted by Gasteiger charge is 2.36. The van der Waals surface area contributed by atoms with E-state index in [1.165, 1.54) is 27.6 Å².